The second kappa shape index (κ2) is 8.47. The summed E-state index contributed by atoms with van der Waals surface area (Å²) in [4.78, 5) is 11.9. The van der Waals surface area contributed by atoms with Gasteiger partial charge in [0.15, 0.2) is 4.34 Å². The number of thioether (sulfide) groups is 1. The summed E-state index contributed by atoms with van der Waals surface area (Å²) in [6.45, 7) is 0. The van der Waals surface area contributed by atoms with Gasteiger partial charge in [-0.25, -0.2) is 0 Å². The topological polar surface area (TPSA) is 66.9 Å². The Hall–Kier alpha value is -2.38. The van der Waals surface area contributed by atoms with Crippen LogP contribution in [0.2, 0.25) is 0 Å². The van der Waals surface area contributed by atoms with E-state index < -0.39 is 0 Å². The summed E-state index contributed by atoms with van der Waals surface area (Å²) in [6, 6.07) is 19.3. The molecule has 0 spiro atoms. The predicted molar refractivity (Wildman–Crippen MR) is 100 cm³/mol. The second-order valence-corrected chi connectivity index (χ2v) is 7.20. The molecule has 122 valence electrons. The zero-order chi connectivity index (χ0) is 16.6. The summed E-state index contributed by atoms with van der Waals surface area (Å²) in [5.41, 5.74) is 1.80. The number of carbonyl (C=O) groups excluding carboxylic acids is 1. The molecule has 24 heavy (non-hydrogen) atoms. The number of carbonyl (C=O) groups is 1. The normalized spacial score (nSPS) is 10.3. The maximum atomic E-state index is 11.9. The van der Waals surface area contributed by atoms with Crippen LogP contribution in [-0.4, -0.2) is 21.9 Å². The number of anilines is 3. The molecule has 5 nitrogen and oxygen atoms in total. The van der Waals surface area contributed by atoms with Gasteiger partial charge in [0.1, 0.15) is 0 Å². The highest BCUT2D eigenvalue weighted by Gasteiger charge is 2.07. The number of hydrogen-bond acceptors (Lipinski definition) is 6. The molecule has 1 heterocycles. The van der Waals surface area contributed by atoms with E-state index in [0.29, 0.717) is 12.2 Å². The summed E-state index contributed by atoms with van der Waals surface area (Å²) in [7, 11) is 0. The van der Waals surface area contributed by atoms with Crippen molar-refractivity contribution in [2.45, 2.75) is 10.8 Å². The molecular weight excluding hydrogens is 340 g/mol. The van der Waals surface area contributed by atoms with Crippen LogP contribution in [0.15, 0.2) is 65.0 Å². The fraction of sp³-hybridized carbons (Fsp3) is 0.118. The van der Waals surface area contributed by atoms with Crippen molar-refractivity contribution in [3.8, 4) is 0 Å². The van der Waals surface area contributed by atoms with E-state index in [0.717, 1.165) is 20.8 Å². The largest absolute Gasteiger partial charge is 0.330 e. The highest BCUT2D eigenvalue weighted by molar-refractivity contribution is 8.01. The SMILES string of the molecule is O=C(CCSc1nnc(Nc2ccccc2)s1)Nc1ccccc1. The number of benzene rings is 2. The lowest BCUT2D eigenvalue weighted by Gasteiger charge is -2.03. The first-order chi connectivity index (χ1) is 11.8. The van der Waals surface area contributed by atoms with Gasteiger partial charge in [-0.1, -0.05) is 59.5 Å². The average Bonchev–Trinajstić information content (AvgIpc) is 3.04. The number of nitrogens with one attached hydrogen (secondary N) is 2. The Morgan fingerprint density at radius 3 is 2.33 bits per heavy atom. The number of hydrogen-bond donors (Lipinski definition) is 2. The number of amides is 1. The van der Waals surface area contributed by atoms with E-state index in [1.54, 1.807) is 0 Å². The standard InChI is InChI=1S/C17H16N4OS2/c22-15(18-13-7-3-1-4-8-13)11-12-23-17-21-20-16(24-17)19-14-9-5-2-6-10-14/h1-10H,11-12H2,(H,18,22)(H,19,20). The van der Waals surface area contributed by atoms with Gasteiger partial charge in [-0.05, 0) is 24.3 Å². The Morgan fingerprint density at radius 2 is 1.62 bits per heavy atom. The van der Waals surface area contributed by atoms with Crippen molar-refractivity contribution in [1.82, 2.24) is 10.2 Å². The Balaban J connectivity index is 1.43. The Kier molecular flexibility index (Phi) is 5.81. The van der Waals surface area contributed by atoms with Crippen LogP contribution in [0.4, 0.5) is 16.5 Å². The predicted octanol–water partition coefficient (Wildman–Crippen LogP) is 4.40. The smallest absolute Gasteiger partial charge is 0.225 e. The third-order valence-corrected chi connectivity index (χ3v) is 5.02. The maximum Gasteiger partial charge on any atom is 0.225 e. The van der Waals surface area contributed by atoms with Crippen molar-refractivity contribution in [3.05, 3.63) is 60.7 Å². The van der Waals surface area contributed by atoms with Gasteiger partial charge in [-0.15, -0.1) is 10.2 Å². The molecule has 0 fully saturated rings. The van der Waals surface area contributed by atoms with E-state index >= 15 is 0 Å². The quantitative estimate of drug-likeness (QED) is 0.614. The third-order valence-electron chi connectivity index (χ3n) is 3.04. The minimum Gasteiger partial charge on any atom is -0.330 e. The maximum absolute atomic E-state index is 11.9. The van der Waals surface area contributed by atoms with Crippen LogP contribution in [0.1, 0.15) is 6.42 Å². The summed E-state index contributed by atoms with van der Waals surface area (Å²) in [5.74, 6) is 0.666. The molecule has 1 aromatic heterocycles. The zero-order valence-corrected chi connectivity index (χ0v) is 14.4. The Morgan fingerprint density at radius 1 is 0.958 bits per heavy atom. The van der Waals surface area contributed by atoms with Crippen LogP contribution in [0, 0.1) is 0 Å². The number of aromatic nitrogens is 2. The van der Waals surface area contributed by atoms with Crippen molar-refractivity contribution in [3.63, 3.8) is 0 Å². The Bertz CT molecular complexity index is 778. The van der Waals surface area contributed by atoms with Crippen molar-refractivity contribution in [1.29, 1.82) is 0 Å². The van der Waals surface area contributed by atoms with Crippen LogP contribution in [0.5, 0.6) is 0 Å². The first-order valence-corrected chi connectivity index (χ1v) is 9.23. The van der Waals surface area contributed by atoms with Gasteiger partial charge in [0.05, 0.1) is 0 Å². The van der Waals surface area contributed by atoms with Gasteiger partial charge in [0, 0.05) is 23.5 Å². The van der Waals surface area contributed by atoms with Gasteiger partial charge in [0.2, 0.25) is 11.0 Å². The fourth-order valence-electron chi connectivity index (χ4n) is 1.94. The molecule has 0 aliphatic rings. The second-order valence-electron chi connectivity index (χ2n) is 4.88. The zero-order valence-electron chi connectivity index (χ0n) is 12.8. The fourth-order valence-corrected chi connectivity index (χ4v) is 3.72. The summed E-state index contributed by atoms with van der Waals surface area (Å²) in [6.07, 6.45) is 0.431. The van der Waals surface area contributed by atoms with Crippen molar-refractivity contribution in [2.75, 3.05) is 16.4 Å². The number of nitrogens with zero attached hydrogens (tertiary/aromatic N) is 2. The molecule has 0 unspecified atom stereocenters. The summed E-state index contributed by atoms with van der Waals surface area (Å²) < 4.78 is 0.848. The lowest BCUT2D eigenvalue weighted by Crippen LogP contribution is -2.11. The van der Waals surface area contributed by atoms with Crippen molar-refractivity contribution >= 4 is 45.5 Å². The van der Waals surface area contributed by atoms with E-state index in [9.17, 15) is 4.79 Å². The van der Waals surface area contributed by atoms with E-state index in [4.69, 9.17) is 0 Å². The molecule has 0 saturated heterocycles. The van der Waals surface area contributed by atoms with Gasteiger partial charge in [0.25, 0.3) is 0 Å². The van der Waals surface area contributed by atoms with E-state index in [1.165, 1.54) is 23.1 Å². The van der Waals surface area contributed by atoms with Crippen LogP contribution in [-0.2, 0) is 4.79 Å². The number of para-hydroxylation sites is 2. The van der Waals surface area contributed by atoms with Gasteiger partial charge in [-0.2, -0.15) is 0 Å². The molecule has 2 aromatic carbocycles. The van der Waals surface area contributed by atoms with Crippen molar-refractivity contribution < 1.29 is 4.79 Å². The first kappa shape index (κ1) is 16.5. The highest BCUT2D eigenvalue weighted by atomic mass is 32.2. The average molecular weight is 356 g/mol. The van der Waals surface area contributed by atoms with Crippen LogP contribution < -0.4 is 10.6 Å². The molecule has 1 amide bonds. The minimum atomic E-state index is 0.000786. The first-order valence-electron chi connectivity index (χ1n) is 7.43. The molecule has 0 atom stereocenters. The molecule has 0 bridgehead atoms. The monoisotopic (exact) mass is 356 g/mol. The van der Waals surface area contributed by atoms with E-state index in [2.05, 4.69) is 20.8 Å². The van der Waals surface area contributed by atoms with Gasteiger partial charge < -0.3 is 10.6 Å². The molecule has 0 saturated carbocycles. The summed E-state index contributed by atoms with van der Waals surface area (Å²) in [5, 5.41) is 15.1. The molecule has 3 rings (SSSR count). The molecule has 0 aliphatic heterocycles. The van der Waals surface area contributed by atoms with Crippen LogP contribution in [0.25, 0.3) is 0 Å². The molecular formula is C17H16N4OS2. The van der Waals surface area contributed by atoms with Crippen molar-refractivity contribution in [2.24, 2.45) is 0 Å². The Labute approximate surface area is 148 Å². The molecule has 0 radical (unpaired) electrons. The van der Waals surface area contributed by atoms with E-state index in [1.807, 2.05) is 60.7 Å². The molecule has 7 heteroatoms. The lowest BCUT2D eigenvalue weighted by atomic mass is 10.3. The summed E-state index contributed by atoms with van der Waals surface area (Å²) >= 11 is 3.02. The van der Waals surface area contributed by atoms with Gasteiger partial charge in [-0.3, -0.25) is 4.79 Å². The third kappa shape index (κ3) is 5.07. The van der Waals surface area contributed by atoms with Crippen LogP contribution >= 0.6 is 23.1 Å². The molecule has 3 aromatic rings. The van der Waals surface area contributed by atoms with Crippen LogP contribution in [0.3, 0.4) is 0 Å². The van der Waals surface area contributed by atoms with E-state index in [-0.39, 0.29) is 5.91 Å². The highest BCUT2D eigenvalue weighted by Crippen LogP contribution is 2.27. The number of rotatable bonds is 7. The van der Waals surface area contributed by atoms with Gasteiger partial charge >= 0.3 is 0 Å². The lowest BCUT2D eigenvalue weighted by molar-refractivity contribution is -0.115. The minimum absolute atomic E-state index is 0.000786. The molecule has 2 N–H and O–H groups in total. The molecule has 0 aliphatic carbocycles.